The van der Waals surface area contributed by atoms with Crippen LogP contribution in [-0.4, -0.2) is 23.0 Å². The average molecular weight is 353 g/mol. The number of benzene rings is 3. The minimum Gasteiger partial charge on any atom is -0.465 e. The van der Waals surface area contributed by atoms with E-state index in [-0.39, 0.29) is 0 Å². The number of ether oxygens (including phenoxy) is 1. The minimum absolute atomic E-state index is 0.415. The van der Waals surface area contributed by atoms with E-state index in [4.69, 9.17) is 4.74 Å². The van der Waals surface area contributed by atoms with Gasteiger partial charge >= 0.3 is 5.97 Å². The molecule has 3 aromatic carbocycles. The molecule has 0 amide bonds. The molecular weight excluding hydrogens is 338 g/mol. The number of rotatable bonds is 3. The van der Waals surface area contributed by atoms with Crippen LogP contribution in [0.15, 0.2) is 66.7 Å². The molecule has 5 nitrogen and oxygen atoms in total. The van der Waals surface area contributed by atoms with Crippen LogP contribution >= 0.6 is 0 Å². The molecule has 4 aromatic rings. The molecule has 0 saturated carbocycles. The number of esters is 1. The Balaban J connectivity index is 1.75. The average Bonchev–Trinajstić information content (AvgIpc) is 3.17. The van der Waals surface area contributed by atoms with E-state index in [2.05, 4.69) is 16.0 Å². The Hall–Kier alpha value is -3.91. The first-order chi connectivity index (χ1) is 13.2. The van der Waals surface area contributed by atoms with Gasteiger partial charge < -0.3 is 9.72 Å². The Kier molecular flexibility index (Phi) is 4.15. The topological polar surface area (TPSA) is 78.8 Å². The molecule has 0 atom stereocenters. The van der Waals surface area contributed by atoms with Gasteiger partial charge in [-0.05, 0) is 29.3 Å². The second-order valence-electron chi connectivity index (χ2n) is 6.01. The lowest BCUT2D eigenvalue weighted by atomic mass is 9.99. The molecule has 1 heterocycles. The lowest BCUT2D eigenvalue weighted by Gasteiger charge is -2.05. The van der Waals surface area contributed by atoms with Crippen LogP contribution in [0.1, 0.15) is 15.9 Å². The van der Waals surface area contributed by atoms with Crippen molar-refractivity contribution in [1.82, 2.24) is 9.97 Å². The van der Waals surface area contributed by atoms with Crippen LogP contribution in [-0.2, 0) is 4.74 Å². The predicted molar refractivity (Wildman–Crippen MR) is 103 cm³/mol. The quantitative estimate of drug-likeness (QED) is 0.548. The van der Waals surface area contributed by atoms with Gasteiger partial charge in [0.1, 0.15) is 11.3 Å². The summed E-state index contributed by atoms with van der Waals surface area (Å²) < 4.78 is 4.83. The molecular formula is C22H15N3O2. The van der Waals surface area contributed by atoms with Gasteiger partial charge in [0, 0.05) is 5.56 Å². The van der Waals surface area contributed by atoms with Gasteiger partial charge in [-0.15, -0.1) is 0 Å². The van der Waals surface area contributed by atoms with E-state index in [0.29, 0.717) is 22.5 Å². The Morgan fingerprint density at radius 2 is 1.74 bits per heavy atom. The third kappa shape index (κ3) is 2.94. The second-order valence-corrected chi connectivity index (χ2v) is 6.01. The molecule has 4 rings (SSSR count). The molecule has 1 aromatic heterocycles. The Bertz CT molecular complexity index is 1180. The number of imidazole rings is 1. The van der Waals surface area contributed by atoms with Gasteiger partial charge in [0.15, 0.2) is 0 Å². The largest absolute Gasteiger partial charge is 0.465 e. The van der Waals surface area contributed by atoms with Gasteiger partial charge in [-0.3, -0.25) is 0 Å². The van der Waals surface area contributed by atoms with Gasteiger partial charge in [0.25, 0.3) is 0 Å². The van der Waals surface area contributed by atoms with Crippen molar-refractivity contribution in [2.75, 3.05) is 7.11 Å². The number of para-hydroxylation sites is 1. The number of hydrogen-bond acceptors (Lipinski definition) is 4. The van der Waals surface area contributed by atoms with Crippen molar-refractivity contribution >= 4 is 17.0 Å². The standard InChI is InChI=1S/C22H15N3O2/c1-27-22(26)18-7-4-8-19-20(18)25-21(24-19)15-11-9-14(10-12-15)17-6-3-2-5-16(17)13-23/h2-12H,1H3,(H,24,25). The summed E-state index contributed by atoms with van der Waals surface area (Å²) in [5, 5.41) is 9.28. The fourth-order valence-electron chi connectivity index (χ4n) is 3.08. The maximum Gasteiger partial charge on any atom is 0.340 e. The number of aromatic nitrogens is 2. The molecule has 1 N–H and O–H groups in total. The second kappa shape index (κ2) is 6.77. The molecule has 0 spiro atoms. The van der Waals surface area contributed by atoms with Gasteiger partial charge in [0.05, 0.1) is 29.8 Å². The van der Waals surface area contributed by atoms with Crippen LogP contribution in [0.4, 0.5) is 0 Å². The highest BCUT2D eigenvalue weighted by molar-refractivity contribution is 6.02. The van der Waals surface area contributed by atoms with Crippen molar-refractivity contribution in [2.24, 2.45) is 0 Å². The number of carbonyl (C=O) groups is 1. The van der Waals surface area contributed by atoms with Crippen LogP contribution in [0.5, 0.6) is 0 Å². The van der Waals surface area contributed by atoms with E-state index in [1.54, 1.807) is 18.2 Å². The van der Waals surface area contributed by atoms with Crippen molar-refractivity contribution in [2.45, 2.75) is 0 Å². The number of nitrogens with zero attached hydrogens (tertiary/aromatic N) is 2. The molecule has 0 radical (unpaired) electrons. The molecule has 5 heteroatoms. The number of nitriles is 1. The summed E-state index contributed by atoms with van der Waals surface area (Å²) in [6, 6.07) is 22.9. The SMILES string of the molecule is COC(=O)c1cccc2[nH]c(-c3ccc(-c4ccccc4C#N)cc3)nc12. The molecule has 130 valence electrons. The number of carbonyl (C=O) groups excluding carboxylic acids is 1. The Labute approximate surface area is 155 Å². The van der Waals surface area contributed by atoms with Crippen molar-refractivity contribution in [3.8, 4) is 28.6 Å². The summed E-state index contributed by atoms with van der Waals surface area (Å²) in [5.74, 6) is 0.253. The summed E-state index contributed by atoms with van der Waals surface area (Å²) >= 11 is 0. The third-order valence-corrected chi connectivity index (χ3v) is 4.43. The van der Waals surface area contributed by atoms with E-state index < -0.39 is 5.97 Å². The molecule has 0 unspecified atom stereocenters. The highest BCUT2D eigenvalue weighted by Gasteiger charge is 2.14. The van der Waals surface area contributed by atoms with E-state index in [1.807, 2.05) is 48.5 Å². The van der Waals surface area contributed by atoms with Crippen LogP contribution in [0.2, 0.25) is 0 Å². The summed E-state index contributed by atoms with van der Waals surface area (Å²) in [4.78, 5) is 19.8. The van der Waals surface area contributed by atoms with E-state index in [9.17, 15) is 10.1 Å². The maximum absolute atomic E-state index is 11.9. The predicted octanol–water partition coefficient (Wildman–Crippen LogP) is 4.56. The fraction of sp³-hybridized carbons (Fsp3) is 0.0455. The van der Waals surface area contributed by atoms with E-state index >= 15 is 0 Å². The van der Waals surface area contributed by atoms with Crippen molar-refractivity contribution < 1.29 is 9.53 Å². The lowest BCUT2D eigenvalue weighted by molar-refractivity contribution is 0.0603. The van der Waals surface area contributed by atoms with Gasteiger partial charge in [-0.25, -0.2) is 9.78 Å². The maximum atomic E-state index is 11.9. The third-order valence-electron chi connectivity index (χ3n) is 4.43. The number of aromatic amines is 1. The van der Waals surface area contributed by atoms with Crippen LogP contribution in [0, 0.1) is 11.3 Å². The van der Waals surface area contributed by atoms with Gasteiger partial charge in [0.2, 0.25) is 0 Å². The fourth-order valence-corrected chi connectivity index (χ4v) is 3.08. The van der Waals surface area contributed by atoms with Crippen LogP contribution in [0.3, 0.4) is 0 Å². The van der Waals surface area contributed by atoms with Crippen molar-refractivity contribution in [1.29, 1.82) is 5.26 Å². The molecule has 0 aliphatic rings. The summed E-state index contributed by atoms with van der Waals surface area (Å²) in [7, 11) is 1.35. The highest BCUT2D eigenvalue weighted by Crippen LogP contribution is 2.27. The van der Waals surface area contributed by atoms with Crippen molar-refractivity contribution in [3.63, 3.8) is 0 Å². The first kappa shape index (κ1) is 16.6. The first-order valence-electron chi connectivity index (χ1n) is 8.38. The van der Waals surface area contributed by atoms with E-state index in [0.717, 1.165) is 22.2 Å². The smallest absolute Gasteiger partial charge is 0.340 e. The van der Waals surface area contributed by atoms with E-state index in [1.165, 1.54) is 7.11 Å². The normalized spacial score (nSPS) is 10.5. The zero-order chi connectivity index (χ0) is 18.8. The van der Waals surface area contributed by atoms with Gasteiger partial charge in [-0.2, -0.15) is 5.26 Å². The van der Waals surface area contributed by atoms with Gasteiger partial charge in [-0.1, -0.05) is 48.5 Å². The molecule has 0 aliphatic heterocycles. The number of fused-ring (bicyclic) bond motifs is 1. The number of nitrogens with one attached hydrogen (secondary N) is 1. The minimum atomic E-state index is -0.415. The Morgan fingerprint density at radius 3 is 2.48 bits per heavy atom. The van der Waals surface area contributed by atoms with Crippen molar-refractivity contribution in [3.05, 3.63) is 77.9 Å². The van der Waals surface area contributed by atoms with Crippen LogP contribution in [0.25, 0.3) is 33.5 Å². The summed E-state index contributed by atoms with van der Waals surface area (Å²) in [5.41, 5.74) is 5.16. The Morgan fingerprint density at radius 1 is 1.00 bits per heavy atom. The number of methoxy groups -OCH3 is 1. The molecule has 0 fully saturated rings. The summed E-state index contributed by atoms with van der Waals surface area (Å²) in [6.07, 6.45) is 0. The monoisotopic (exact) mass is 353 g/mol. The lowest BCUT2D eigenvalue weighted by Crippen LogP contribution is -2.01. The van der Waals surface area contributed by atoms with Crippen LogP contribution < -0.4 is 0 Å². The number of hydrogen-bond donors (Lipinski definition) is 1. The zero-order valence-corrected chi connectivity index (χ0v) is 14.6. The molecule has 27 heavy (non-hydrogen) atoms. The zero-order valence-electron chi connectivity index (χ0n) is 14.6. The highest BCUT2D eigenvalue weighted by atomic mass is 16.5. The molecule has 0 aliphatic carbocycles. The summed E-state index contributed by atoms with van der Waals surface area (Å²) in [6.45, 7) is 0. The number of H-pyrrole nitrogens is 1. The molecule has 0 bridgehead atoms. The molecule has 0 saturated heterocycles. The first-order valence-corrected chi connectivity index (χ1v) is 8.38.